The van der Waals surface area contributed by atoms with E-state index in [1.54, 1.807) is 48.9 Å². The number of rotatable bonds is 6. The Hall–Kier alpha value is -3.06. The van der Waals surface area contributed by atoms with Gasteiger partial charge in [-0.05, 0) is 49.2 Å². The van der Waals surface area contributed by atoms with Crippen molar-refractivity contribution in [1.29, 1.82) is 0 Å². The number of thiophene rings is 1. The largest absolute Gasteiger partial charge is 0.368 e. The molecule has 35 heavy (non-hydrogen) atoms. The summed E-state index contributed by atoms with van der Waals surface area (Å²) in [6.45, 7) is 1.00. The Bertz CT molecular complexity index is 1480. The number of nitrogens with two attached hydrogens (primary N) is 1. The van der Waals surface area contributed by atoms with Crippen LogP contribution in [-0.2, 0) is 16.6 Å². The van der Waals surface area contributed by atoms with E-state index in [-0.39, 0.29) is 28.7 Å². The van der Waals surface area contributed by atoms with Gasteiger partial charge in [0.2, 0.25) is 5.95 Å². The molecule has 1 aliphatic rings. The van der Waals surface area contributed by atoms with E-state index < -0.39 is 10.0 Å². The third-order valence-electron chi connectivity index (χ3n) is 5.91. The van der Waals surface area contributed by atoms with E-state index in [1.165, 1.54) is 4.31 Å². The molecule has 4 aromatic rings. The quantitative estimate of drug-likeness (QED) is 0.390. The molecule has 0 unspecified atom stereocenters. The van der Waals surface area contributed by atoms with Crippen LogP contribution in [-0.4, -0.2) is 51.2 Å². The summed E-state index contributed by atoms with van der Waals surface area (Å²) in [5, 5.41) is 3.36. The molecular weight excluding hydrogens is 510 g/mol. The number of sulfonamides is 1. The van der Waals surface area contributed by atoms with Crippen LogP contribution in [0.3, 0.4) is 0 Å². The Labute approximate surface area is 210 Å². The molecule has 0 radical (unpaired) electrons. The van der Waals surface area contributed by atoms with Gasteiger partial charge in [-0.3, -0.25) is 4.79 Å². The van der Waals surface area contributed by atoms with Crippen molar-refractivity contribution in [3.63, 3.8) is 0 Å². The van der Waals surface area contributed by atoms with Gasteiger partial charge in [-0.15, -0.1) is 11.3 Å². The molecule has 5 rings (SSSR count). The minimum absolute atomic E-state index is 0.0720. The van der Waals surface area contributed by atoms with Crippen LogP contribution in [0.2, 0.25) is 5.02 Å². The maximum Gasteiger partial charge on any atom is 0.252 e. The van der Waals surface area contributed by atoms with Gasteiger partial charge in [-0.2, -0.15) is 9.29 Å². The van der Waals surface area contributed by atoms with Crippen LogP contribution in [0.5, 0.6) is 0 Å². The van der Waals surface area contributed by atoms with E-state index in [0.29, 0.717) is 47.7 Å². The van der Waals surface area contributed by atoms with Gasteiger partial charge in [0.25, 0.3) is 15.9 Å². The van der Waals surface area contributed by atoms with Gasteiger partial charge in [-0.1, -0.05) is 11.6 Å². The van der Waals surface area contributed by atoms with Crippen molar-refractivity contribution in [3.05, 3.63) is 64.4 Å². The van der Waals surface area contributed by atoms with E-state index in [9.17, 15) is 13.2 Å². The molecule has 1 aromatic carbocycles. The number of nitrogen functional groups attached to an aromatic ring is 1. The van der Waals surface area contributed by atoms with Gasteiger partial charge < -0.3 is 15.6 Å². The minimum atomic E-state index is -3.62. The zero-order valence-corrected chi connectivity index (χ0v) is 20.9. The average molecular weight is 532 g/mol. The molecule has 1 saturated heterocycles. The predicted molar refractivity (Wildman–Crippen MR) is 134 cm³/mol. The summed E-state index contributed by atoms with van der Waals surface area (Å²) < 4.78 is 30.2. The lowest BCUT2D eigenvalue weighted by molar-refractivity contribution is 0.0951. The standard InChI is InChI=1S/C22H22ClN7O3S2/c23-15-3-1-14(2-4-15)21(31)25-11-17-5-6-19(34-17)35(32,33)29-9-7-16(8-10-29)30-13-27-18-12-26-22(24)28-20(18)30/h1-6,12-13,16H,7-11H2,(H,25,31)(H2,24,26,28). The molecule has 182 valence electrons. The number of hydrogen-bond acceptors (Lipinski definition) is 8. The van der Waals surface area contributed by atoms with Crippen molar-refractivity contribution in [3.8, 4) is 0 Å². The van der Waals surface area contributed by atoms with Crippen LogP contribution in [0.25, 0.3) is 11.2 Å². The maximum absolute atomic E-state index is 13.2. The molecule has 4 heterocycles. The molecule has 1 aliphatic heterocycles. The number of carbonyl (C=O) groups is 1. The molecule has 0 saturated carbocycles. The molecule has 0 spiro atoms. The number of imidazole rings is 1. The van der Waals surface area contributed by atoms with Crippen molar-refractivity contribution < 1.29 is 13.2 Å². The number of nitrogens with zero attached hydrogens (tertiary/aromatic N) is 5. The lowest BCUT2D eigenvalue weighted by Crippen LogP contribution is -2.38. The van der Waals surface area contributed by atoms with Crippen LogP contribution >= 0.6 is 22.9 Å². The van der Waals surface area contributed by atoms with Gasteiger partial charge in [0.1, 0.15) is 9.73 Å². The lowest BCUT2D eigenvalue weighted by Gasteiger charge is -2.31. The first-order valence-corrected chi connectivity index (χ1v) is 13.5. The van der Waals surface area contributed by atoms with Crippen LogP contribution in [0, 0.1) is 0 Å². The number of benzene rings is 1. The number of carbonyl (C=O) groups excluding carboxylic acids is 1. The van der Waals surface area contributed by atoms with Crippen LogP contribution in [0.4, 0.5) is 5.95 Å². The van der Waals surface area contributed by atoms with E-state index >= 15 is 0 Å². The van der Waals surface area contributed by atoms with Crippen molar-refractivity contribution in [2.75, 3.05) is 18.8 Å². The SMILES string of the molecule is Nc1ncc2ncn(C3CCN(S(=O)(=O)c4ccc(CNC(=O)c5ccc(Cl)cc5)s4)CC3)c2n1. The fraction of sp³-hybridized carbons (Fsp3) is 0.273. The number of aromatic nitrogens is 4. The Kier molecular flexibility index (Phi) is 6.45. The summed E-state index contributed by atoms with van der Waals surface area (Å²) in [5.41, 5.74) is 7.52. The highest BCUT2D eigenvalue weighted by Gasteiger charge is 2.31. The Balaban J connectivity index is 1.21. The third-order valence-corrected chi connectivity index (χ3v) is 9.62. The number of nitrogens with one attached hydrogen (secondary N) is 1. The summed E-state index contributed by atoms with van der Waals surface area (Å²) in [6.07, 6.45) is 4.55. The predicted octanol–water partition coefficient (Wildman–Crippen LogP) is 3.08. The number of halogens is 1. The molecule has 1 fully saturated rings. The minimum Gasteiger partial charge on any atom is -0.368 e. The molecule has 0 atom stereocenters. The summed E-state index contributed by atoms with van der Waals surface area (Å²) >= 11 is 7.02. The fourth-order valence-corrected chi connectivity index (χ4v) is 7.10. The number of hydrogen-bond donors (Lipinski definition) is 2. The Morgan fingerprint density at radius 3 is 2.63 bits per heavy atom. The molecule has 0 aliphatic carbocycles. The van der Waals surface area contributed by atoms with Gasteiger partial charge in [0, 0.05) is 34.6 Å². The first kappa shape index (κ1) is 23.7. The van der Waals surface area contributed by atoms with E-state index in [0.717, 1.165) is 16.2 Å². The summed E-state index contributed by atoms with van der Waals surface area (Å²) in [7, 11) is -3.62. The monoisotopic (exact) mass is 531 g/mol. The first-order valence-electron chi connectivity index (χ1n) is 10.9. The van der Waals surface area contributed by atoms with Gasteiger partial charge in [0.05, 0.1) is 19.1 Å². The normalized spacial score (nSPS) is 15.5. The second-order valence-electron chi connectivity index (χ2n) is 8.13. The number of anilines is 1. The molecule has 0 bridgehead atoms. The van der Waals surface area contributed by atoms with Crippen LogP contribution < -0.4 is 11.1 Å². The first-order chi connectivity index (χ1) is 16.8. The topological polar surface area (TPSA) is 136 Å². The highest BCUT2D eigenvalue weighted by atomic mass is 35.5. The van der Waals surface area contributed by atoms with Gasteiger partial charge >= 0.3 is 0 Å². The van der Waals surface area contributed by atoms with Crippen molar-refractivity contribution in [1.82, 2.24) is 29.1 Å². The lowest BCUT2D eigenvalue weighted by atomic mass is 10.1. The van der Waals surface area contributed by atoms with Crippen LogP contribution in [0.15, 0.2) is 53.1 Å². The molecular formula is C22H22ClN7O3S2. The number of fused-ring (bicyclic) bond motifs is 1. The smallest absolute Gasteiger partial charge is 0.252 e. The molecule has 1 amide bonds. The van der Waals surface area contributed by atoms with Crippen molar-refractivity contribution in [2.45, 2.75) is 29.6 Å². The van der Waals surface area contributed by atoms with Crippen molar-refractivity contribution in [2.24, 2.45) is 0 Å². The maximum atomic E-state index is 13.2. The third kappa shape index (κ3) is 4.87. The highest BCUT2D eigenvalue weighted by molar-refractivity contribution is 7.91. The number of piperidine rings is 1. The second-order valence-corrected chi connectivity index (χ2v) is 11.9. The molecule has 10 nitrogen and oxygen atoms in total. The van der Waals surface area contributed by atoms with E-state index in [4.69, 9.17) is 17.3 Å². The van der Waals surface area contributed by atoms with E-state index in [1.807, 2.05) is 4.57 Å². The highest BCUT2D eigenvalue weighted by Crippen LogP contribution is 2.31. The van der Waals surface area contributed by atoms with Gasteiger partial charge in [0.15, 0.2) is 5.65 Å². The summed E-state index contributed by atoms with van der Waals surface area (Å²) in [5.74, 6) is -0.0716. The van der Waals surface area contributed by atoms with Crippen molar-refractivity contribution >= 4 is 56.0 Å². The fourth-order valence-electron chi connectivity index (χ4n) is 4.06. The zero-order chi connectivity index (χ0) is 24.6. The Morgan fingerprint density at radius 1 is 1.14 bits per heavy atom. The molecule has 3 aromatic heterocycles. The number of amides is 1. The molecule has 13 heteroatoms. The van der Waals surface area contributed by atoms with Gasteiger partial charge in [-0.25, -0.2) is 18.4 Å². The summed E-state index contributed by atoms with van der Waals surface area (Å²) in [6, 6.07) is 9.97. The second kappa shape index (κ2) is 9.53. The Morgan fingerprint density at radius 2 is 1.89 bits per heavy atom. The zero-order valence-electron chi connectivity index (χ0n) is 18.5. The summed E-state index contributed by atoms with van der Waals surface area (Å²) in [4.78, 5) is 25.6. The average Bonchev–Trinajstić information content (AvgIpc) is 3.50. The van der Waals surface area contributed by atoms with Crippen LogP contribution in [0.1, 0.15) is 34.1 Å². The van der Waals surface area contributed by atoms with E-state index in [2.05, 4.69) is 20.3 Å². The molecule has 3 N–H and O–H groups in total.